The summed E-state index contributed by atoms with van der Waals surface area (Å²) in [6, 6.07) is 4.79. The summed E-state index contributed by atoms with van der Waals surface area (Å²) in [6.07, 6.45) is 2.39. The normalized spacial score (nSPS) is 21.9. The molecule has 1 amide bonds. The summed E-state index contributed by atoms with van der Waals surface area (Å²) >= 11 is 0. The first kappa shape index (κ1) is 17.2. The van der Waals surface area contributed by atoms with Gasteiger partial charge in [-0.1, -0.05) is 6.07 Å². The number of rotatable bonds is 3. The van der Waals surface area contributed by atoms with Crippen molar-refractivity contribution < 1.29 is 23.1 Å². The lowest BCUT2D eigenvalue weighted by atomic mass is 10.1. The molecule has 0 radical (unpaired) electrons. The Morgan fingerprint density at radius 3 is 2.88 bits per heavy atom. The summed E-state index contributed by atoms with van der Waals surface area (Å²) in [5, 5.41) is 9.29. The number of aliphatic hydroxyl groups excluding tert-OH is 1. The van der Waals surface area contributed by atoms with Crippen LogP contribution in [-0.4, -0.2) is 60.6 Å². The van der Waals surface area contributed by atoms with Crippen molar-refractivity contribution >= 4 is 15.9 Å². The number of sulfonamides is 1. The molecule has 1 aromatic carbocycles. The standard InChI is InChI=1S/C16H22N2O5S/c1-24(21,22)18-6-2-3-14(18)16(20)17-7-8-23-15-5-4-12(11-19)9-13(15)10-17/h4-5,9,14,19H,2-3,6-8,10-11H2,1H3/t14-/m0/s1. The van der Waals surface area contributed by atoms with Crippen molar-refractivity contribution in [3.8, 4) is 5.75 Å². The average molecular weight is 354 g/mol. The van der Waals surface area contributed by atoms with E-state index in [4.69, 9.17) is 4.74 Å². The highest BCUT2D eigenvalue weighted by Gasteiger charge is 2.39. The Morgan fingerprint density at radius 2 is 2.17 bits per heavy atom. The van der Waals surface area contributed by atoms with Gasteiger partial charge in [0.15, 0.2) is 0 Å². The largest absolute Gasteiger partial charge is 0.491 e. The quantitative estimate of drug-likeness (QED) is 0.845. The minimum absolute atomic E-state index is 0.0777. The second kappa shape index (κ2) is 6.70. The molecule has 2 heterocycles. The molecule has 8 heteroatoms. The predicted octanol–water partition coefficient (Wildman–Crippen LogP) is 0.324. The van der Waals surface area contributed by atoms with Crippen LogP contribution in [0.3, 0.4) is 0 Å². The molecule has 24 heavy (non-hydrogen) atoms. The molecular weight excluding hydrogens is 332 g/mol. The van der Waals surface area contributed by atoms with E-state index in [0.717, 1.165) is 17.4 Å². The molecule has 1 fully saturated rings. The number of ether oxygens (including phenoxy) is 1. The number of carbonyl (C=O) groups is 1. The van der Waals surface area contributed by atoms with E-state index in [1.54, 1.807) is 17.0 Å². The van der Waals surface area contributed by atoms with Gasteiger partial charge < -0.3 is 14.7 Å². The van der Waals surface area contributed by atoms with Gasteiger partial charge in [0.1, 0.15) is 18.4 Å². The molecule has 0 unspecified atom stereocenters. The first-order chi connectivity index (χ1) is 11.4. The first-order valence-electron chi connectivity index (χ1n) is 8.01. The Hall–Kier alpha value is -1.64. The third-order valence-corrected chi connectivity index (χ3v) is 5.80. The molecule has 3 rings (SSSR count). The average Bonchev–Trinajstić information content (AvgIpc) is 2.95. The lowest BCUT2D eigenvalue weighted by molar-refractivity contribution is -0.135. The van der Waals surface area contributed by atoms with Gasteiger partial charge >= 0.3 is 0 Å². The molecule has 0 bridgehead atoms. The Bertz CT molecular complexity index is 734. The zero-order chi connectivity index (χ0) is 17.3. The molecule has 0 aromatic heterocycles. The van der Waals surface area contributed by atoms with E-state index in [-0.39, 0.29) is 12.5 Å². The SMILES string of the molecule is CS(=O)(=O)N1CCC[C@H]1C(=O)N1CCOc2ccc(CO)cc2C1. The fourth-order valence-electron chi connectivity index (χ4n) is 3.33. The van der Waals surface area contributed by atoms with Gasteiger partial charge in [0, 0.05) is 18.7 Å². The number of nitrogens with zero attached hydrogens (tertiary/aromatic N) is 2. The molecule has 0 aliphatic carbocycles. The molecule has 0 spiro atoms. The van der Waals surface area contributed by atoms with Crippen LogP contribution in [0, 0.1) is 0 Å². The second-order valence-electron chi connectivity index (χ2n) is 6.24. The van der Waals surface area contributed by atoms with E-state index in [0.29, 0.717) is 44.8 Å². The van der Waals surface area contributed by atoms with Gasteiger partial charge in [-0.05, 0) is 30.5 Å². The Kier molecular flexibility index (Phi) is 4.80. The molecular formula is C16H22N2O5S. The molecule has 2 aliphatic rings. The Labute approximate surface area is 141 Å². The van der Waals surface area contributed by atoms with Crippen LogP contribution in [0.5, 0.6) is 5.75 Å². The number of fused-ring (bicyclic) bond motifs is 1. The zero-order valence-corrected chi connectivity index (χ0v) is 14.5. The minimum Gasteiger partial charge on any atom is -0.491 e. The van der Waals surface area contributed by atoms with Crippen LogP contribution >= 0.6 is 0 Å². The van der Waals surface area contributed by atoms with Crippen LogP contribution in [-0.2, 0) is 28.0 Å². The fraction of sp³-hybridized carbons (Fsp3) is 0.562. The molecule has 7 nitrogen and oxygen atoms in total. The topological polar surface area (TPSA) is 87.2 Å². The predicted molar refractivity (Wildman–Crippen MR) is 87.8 cm³/mol. The number of benzene rings is 1. The number of amides is 1. The number of hydrogen-bond acceptors (Lipinski definition) is 5. The maximum absolute atomic E-state index is 12.9. The minimum atomic E-state index is -3.39. The molecule has 0 saturated carbocycles. The number of hydrogen-bond donors (Lipinski definition) is 1. The third kappa shape index (κ3) is 3.40. The highest BCUT2D eigenvalue weighted by Crippen LogP contribution is 2.27. The fourth-order valence-corrected chi connectivity index (χ4v) is 4.45. The molecule has 1 saturated heterocycles. The highest BCUT2D eigenvalue weighted by atomic mass is 32.2. The molecule has 1 aromatic rings. The van der Waals surface area contributed by atoms with Crippen molar-refractivity contribution in [1.82, 2.24) is 9.21 Å². The van der Waals surface area contributed by atoms with Crippen LogP contribution in [0.15, 0.2) is 18.2 Å². The van der Waals surface area contributed by atoms with Crippen molar-refractivity contribution in [3.63, 3.8) is 0 Å². The number of aliphatic hydroxyl groups is 1. The summed E-state index contributed by atoms with van der Waals surface area (Å²) < 4.78 is 30.7. The van der Waals surface area contributed by atoms with Gasteiger partial charge in [-0.3, -0.25) is 4.79 Å². The smallest absolute Gasteiger partial charge is 0.241 e. The van der Waals surface area contributed by atoms with E-state index in [9.17, 15) is 18.3 Å². The van der Waals surface area contributed by atoms with E-state index in [1.807, 2.05) is 6.07 Å². The van der Waals surface area contributed by atoms with Gasteiger partial charge in [-0.25, -0.2) is 8.42 Å². The van der Waals surface area contributed by atoms with Crippen LogP contribution in [0.2, 0.25) is 0 Å². The molecule has 2 aliphatic heterocycles. The van der Waals surface area contributed by atoms with Crippen LogP contribution in [0.25, 0.3) is 0 Å². The van der Waals surface area contributed by atoms with E-state index < -0.39 is 16.1 Å². The summed E-state index contributed by atoms with van der Waals surface area (Å²) in [6.45, 7) is 1.45. The first-order valence-corrected chi connectivity index (χ1v) is 9.86. The maximum Gasteiger partial charge on any atom is 0.241 e. The van der Waals surface area contributed by atoms with Crippen molar-refractivity contribution in [2.45, 2.75) is 32.0 Å². The summed E-state index contributed by atoms with van der Waals surface area (Å²) in [5.41, 5.74) is 1.58. The van der Waals surface area contributed by atoms with Crippen molar-refractivity contribution in [1.29, 1.82) is 0 Å². The van der Waals surface area contributed by atoms with E-state index >= 15 is 0 Å². The third-order valence-electron chi connectivity index (χ3n) is 4.51. The molecule has 1 atom stereocenters. The van der Waals surface area contributed by atoms with Gasteiger partial charge in [0.25, 0.3) is 0 Å². The lowest BCUT2D eigenvalue weighted by Crippen LogP contribution is -2.47. The lowest BCUT2D eigenvalue weighted by Gasteiger charge is -2.28. The highest BCUT2D eigenvalue weighted by molar-refractivity contribution is 7.88. The Morgan fingerprint density at radius 1 is 1.38 bits per heavy atom. The Balaban J connectivity index is 1.82. The summed E-state index contributed by atoms with van der Waals surface area (Å²) in [4.78, 5) is 14.5. The summed E-state index contributed by atoms with van der Waals surface area (Å²) in [7, 11) is -3.39. The van der Waals surface area contributed by atoms with Gasteiger partial charge in [0.2, 0.25) is 15.9 Å². The van der Waals surface area contributed by atoms with Crippen molar-refractivity contribution in [3.05, 3.63) is 29.3 Å². The molecule has 1 N–H and O–H groups in total. The van der Waals surface area contributed by atoms with Crippen LogP contribution in [0.4, 0.5) is 0 Å². The number of carbonyl (C=O) groups excluding carboxylic acids is 1. The van der Waals surface area contributed by atoms with Crippen LogP contribution < -0.4 is 4.74 Å². The second-order valence-corrected chi connectivity index (χ2v) is 8.18. The van der Waals surface area contributed by atoms with Gasteiger partial charge in [-0.15, -0.1) is 0 Å². The summed E-state index contributed by atoms with van der Waals surface area (Å²) in [5.74, 6) is 0.526. The molecule has 132 valence electrons. The maximum atomic E-state index is 12.9. The van der Waals surface area contributed by atoms with Crippen molar-refractivity contribution in [2.24, 2.45) is 0 Å². The van der Waals surface area contributed by atoms with E-state index in [2.05, 4.69) is 0 Å². The van der Waals surface area contributed by atoms with Crippen LogP contribution in [0.1, 0.15) is 24.0 Å². The van der Waals surface area contributed by atoms with Gasteiger partial charge in [0.05, 0.1) is 19.4 Å². The van der Waals surface area contributed by atoms with E-state index in [1.165, 1.54) is 4.31 Å². The monoisotopic (exact) mass is 354 g/mol. The van der Waals surface area contributed by atoms with Crippen molar-refractivity contribution in [2.75, 3.05) is 26.0 Å². The van der Waals surface area contributed by atoms with Gasteiger partial charge in [-0.2, -0.15) is 4.31 Å². The zero-order valence-electron chi connectivity index (χ0n) is 13.6.